The number of Topliss-reactive ketones (excluding diaryl/α,β-unsaturated/α-hetero) is 1. The molecule has 5 heteroatoms. The van der Waals surface area contributed by atoms with E-state index in [9.17, 15) is 13.6 Å². The van der Waals surface area contributed by atoms with E-state index in [4.69, 9.17) is 4.74 Å². The number of thioether (sulfide) groups is 1. The lowest BCUT2D eigenvalue weighted by Crippen LogP contribution is -2.11. The number of carbonyl (C=O) groups excluding carboxylic acids is 1. The molecule has 0 radical (unpaired) electrons. The molecule has 98 valence electrons. The van der Waals surface area contributed by atoms with Gasteiger partial charge in [0.15, 0.2) is 17.4 Å². The number of carbonyl (C=O) groups is 1. The molecule has 0 aromatic heterocycles. The van der Waals surface area contributed by atoms with Crippen molar-refractivity contribution in [1.82, 2.24) is 0 Å². The van der Waals surface area contributed by atoms with Crippen molar-refractivity contribution in [2.75, 3.05) is 18.1 Å². The first-order valence-corrected chi connectivity index (χ1v) is 7.00. The first-order chi connectivity index (χ1) is 8.66. The minimum atomic E-state index is -0.982. The Hall–Kier alpha value is -0.940. The highest BCUT2D eigenvalue weighted by atomic mass is 32.2. The van der Waals surface area contributed by atoms with Crippen LogP contribution in [0, 0.1) is 11.6 Å². The van der Waals surface area contributed by atoms with Gasteiger partial charge in [-0.15, -0.1) is 0 Å². The van der Waals surface area contributed by atoms with Crippen LogP contribution >= 0.6 is 11.8 Å². The summed E-state index contributed by atoms with van der Waals surface area (Å²) in [7, 11) is 0. The number of rotatable bonds is 5. The Balaban J connectivity index is 1.81. The van der Waals surface area contributed by atoms with Gasteiger partial charge in [0.2, 0.25) is 0 Å². The first kappa shape index (κ1) is 13.5. The molecule has 1 aromatic carbocycles. The maximum atomic E-state index is 13.0. The number of ether oxygens (including phenoxy) is 1. The summed E-state index contributed by atoms with van der Waals surface area (Å²) >= 11 is 1.47. The Morgan fingerprint density at radius 2 is 2.22 bits per heavy atom. The third kappa shape index (κ3) is 3.53. The largest absolute Gasteiger partial charge is 0.377 e. The molecule has 18 heavy (non-hydrogen) atoms. The lowest BCUT2D eigenvalue weighted by molar-refractivity contribution is 0.102. The maximum absolute atomic E-state index is 13.0. The molecule has 1 unspecified atom stereocenters. The quantitative estimate of drug-likeness (QED) is 0.771. The highest BCUT2D eigenvalue weighted by Gasteiger charge is 2.16. The van der Waals surface area contributed by atoms with Gasteiger partial charge in [-0.2, -0.15) is 11.8 Å². The topological polar surface area (TPSA) is 26.3 Å². The first-order valence-electron chi connectivity index (χ1n) is 5.84. The number of benzene rings is 1. The molecular formula is C13H14F2O2S. The molecule has 1 aliphatic heterocycles. The number of ketones is 1. The number of hydrogen-bond acceptors (Lipinski definition) is 3. The molecule has 1 saturated heterocycles. The summed E-state index contributed by atoms with van der Waals surface area (Å²) in [5.74, 6) is -1.05. The second kappa shape index (κ2) is 6.29. The van der Waals surface area contributed by atoms with Crippen molar-refractivity contribution in [3.63, 3.8) is 0 Å². The minimum absolute atomic E-state index is 0.183. The smallest absolute Gasteiger partial charge is 0.172 e. The number of hydrogen-bond donors (Lipinski definition) is 0. The van der Waals surface area contributed by atoms with Crippen molar-refractivity contribution in [2.24, 2.45) is 0 Å². The Kier molecular flexibility index (Phi) is 4.72. The Morgan fingerprint density at radius 3 is 2.89 bits per heavy atom. The maximum Gasteiger partial charge on any atom is 0.172 e. The van der Waals surface area contributed by atoms with Crippen LogP contribution in [0.1, 0.15) is 23.2 Å². The van der Waals surface area contributed by atoms with E-state index < -0.39 is 11.6 Å². The van der Waals surface area contributed by atoms with Crippen molar-refractivity contribution >= 4 is 17.5 Å². The van der Waals surface area contributed by atoms with Crippen LogP contribution in [-0.4, -0.2) is 30.0 Å². The highest BCUT2D eigenvalue weighted by Crippen LogP contribution is 2.18. The van der Waals surface area contributed by atoms with Crippen molar-refractivity contribution in [1.29, 1.82) is 0 Å². The lowest BCUT2D eigenvalue weighted by atomic mass is 10.1. The van der Waals surface area contributed by atoms with Gasteiger partial charge < -0.3 is 4.74 Å². The van der Waals surface area contributed by atoms with E-state index in [0.29, 0.717) is 0 Å². The fourth-order valence-electron chi connectivity index (χ4n) is 1.81. The molecule has 0 aliphatic carbocycles. The highest BCUT2D eigenvalue weighted by molar-refractivity contribution is 8.00. The zero-order chi connectivity index (χ0) is 13.0. The second-order valence-corrected chi connectivity index (χ2v) is 5.23. The van der Waals surface area contributed by atoms with Crippen LogP contribution in [0.4, 0.5) is 8.78 Å². The Bertz CT molecular complexity index is 431. The fraction of sp³-hybridized carbons (Fsp3) is 0.462. The summed E-state index contributed by atoms with van der Waals surface area (Å²) in [6.07, 6.45) is 2.34. The predicted molar refractivity (Wildman–Crippen MR) is 67.0 cm³/mol. The van der Waals surface area contributed by atoms with Gasteiger partial charge in [0.1, 0.15) is 0 Å². The van der Waals surface area contributed by atoms with Crippen molar-refractivity contribution in [3.05, 3.63) is 35.4 Å². The molecule has 1 heterocycles. The third-order valence-electron chi connectivity index (χ3n) is 2.80. The van der Waals surface area contributed by atoms with Crippen LogP contribution in [0.15, 0.2) is 18.2 Å². The minimum Gasteiger partial charge on any atom is -0.377 e. The van der Waals surface area contributed by atoms with Gasteiger partial charge in [-0.1, -0.05) is 0 Å². The molecule has 0 spiro atoms. The Labute approximate surface area is 109 Å². The average molecular weight is 272 g/mol. The van der Waals surface area contributed by atoms with Gasteiger partial charge in [0.25, 0.3) is 0 Å². The van der Waals surface area contributed by atoms with Crippen LogP contribution in [0.5, 0.6) is 0 Å². The summed E-state index contributed by atoms with van der Waals surface area (Å²) in [6.45, 7) is 0.794. The molecule has 0 saturated carbocycles. The SMILES string of the molecule is O=C(CSCC1CCCO1)c1ccc(F)c(F)c1. The molecule has 1 atom stereocenters. The van der Waals surface area contributed by atoms with Gasteiger partial charge in [-0.3, -0.25) is 4.79 Å². The van der Waals surface area contributed by atoms with E-state index in [1.54, 1.807) is 0 Å². The molecular weight excluding hydrogens is 258 g/mol. The van der Waals surface area contributed by atoms with E-state index in [2.05, 4.69) is 0 Å². The average Bonchev–Trinajstić information content (AvgIpc) is 2.85. The molecule has 2 nitrogen and oxygen atoms in total. The molecule has 1 fully saturated rings. The van der Waals surface area contributed by atoms with Gasteiger partial charge >= 0.3 is 0 Å². The molecule has 1 aromatic rings. The molecule has 1 aliphatic rings. The third-order valence-corrected chi connectivity index (χ3v) is 3.88. The summed E-state index contributed by atoms with van der Waals surface area (Å²) in [5, 5.41) is 0. The van der Waals surface area contributed by atoms with Crippen molar-refractivity contribution in [2.45, 2.75) is 18.9 Å². The zero-order valence-electron chi connectivity index (χ0n) is 9.83. The van der Waals surface area contributed by atoms with E-state index in [1.165, 1.54) is 17.8 Å². The van der Waals surface area contributed by atoms with Crippen molar-refractivity contribution in [3.8, 4) is 0 Å². The molecule has 0 amide bonds. The summed E-state index contributed by atoms with van der Waals surface area (Å²) in [5.41, 5.74) is 0.216. The van der Waals surface area contributed by atoms with Gasteiger partial charge in [0.05, 0.1) is 11.9 Å². The van der Waals surface area contributed by atoms with Crippen LogP contribution in [0.2, 0.25) is 0 Å². The van der Waals surface area contributed by atoms with Gasteiger partial charge in [0, 0.05) is 17.9 Å². The molecule has 0 bridgehead atoms. The van der Waals surface area contributed by atoms with Gasteiger partial charge in [-0.25, -0.2) is 8.78 Å². The van der Waals surface area contributed by atoms with E-state index in [0.717, 1.165) is 37.3 Å². The lowest BCUT2D eigenvalue weighted by Gasteiger charge is -2.08. The zero-order valence-corrected chi connectivity index (χ0v) is 10.6. The monoisotopic (exact) mass is 272 g/mol. The Morgan fingerprint density at radius 1 is 1.39 bits per heavy atom. The van der Waals surface area contributed by atoms with Gasteiger partial charge in [-0.05, 0) is 31.0 Å². The summed E-state index contributed by atoms with van der Waals surface area (Å²) in [6, 6.07) is 3.24. The number of halogens is 2. The van der Waals surface area contributed by atoms with Crippen LogP contribution in [-0.2, 0) is 4.74 Å². The fourth-order valence-corrected chi connectivity index (χ4v) is 2.81. The molecule has 0 N–H and O–H groups in total. The molecule has 2 rings (SSSR count). The predicted octanol–water partition coefficient (Wildman–Crippen LogP) is 3.06. The van der Waals surface area contributed by atoms with Crippen LogP contribution in [0.25, 0.3) is 0 Å². The van der Waals surface area contributed by atoms with Crippen LogP contribution in [0.3, 0.4) is 0 Å². The second-order valence-electron chi connectivity index (χ2n) is 4.20. The van der Waals surface area contributed by atoms with Crippen molar-refractivity contribution < 1.29 is 18.3 Å². The van der Waals surface area contributed by atoms with Crippen LogP contribution < -0.4 is 0 Å². The summed E-state index contributed by atoms with van der Waals surface area (Å²) < 4.78 is 31.1. The van der Waals surface area contributed by atoms with E-state index in [-0.39, 0.29) is 23.2 Å². The summed E-state index contributed by atoms with van der Waals surface area (Å²) in [4.78, 5) is 11.7. The van der Waals surface area contributed by atoms with E-state index in [1.807, 2.05) is 0 Å². The normalized spacial score (nSPS) is 19.1. The van der Waals surface area contributed by atoms with E-state index >= 15 is 0 Å². The standard InChI is InChI=1S/C13H14F2O2S/c14-11-4-3-9(6-12(11)15)13(16)8-18-7-10-2-1-5-17-10/h3-4,6,10H,1-2,5,7-8H2.